The van der Waals surface area contributed by atoms with Crippen LogP contribution >= 0.6 is 0 Å². The highest BCUT2D eigenvalue weighted by atomic mass is 16.6. The number of benzene rings is 1. The maximum atomic E-state index is 11.9. The average Bonchev–Trinajstić information content (AvgIpc) is 2.76. The van der Waals surface area contributed by atoms with Crippen LogP contribution < -0.4 is 10.1 Å². The topological polar surface area (TPSA) is 69.3 Å². The Balaban J connectivity index is 1.40. The molecule has 0 aliphatic carbocycles. The molecule has 0 aromatic heterocycles. The molecule has 1 N–H and O–H groups in total. The number of carbonyl (C=O) groups excluding carboxylic acids is 1. The first-order valence-electron chi connectivity index (χ1n) is 11.4. The number of piperidine rings is 1. The van der Waals surface area contributed by atoms with Crippen molar-refractivity contribution in [3.05, 3.63) is 29.8 Å². The minimum atomic E-state index is -0.456. The number of alkyl carbamates (subject to hydrolysis) is 1. The van der Waals surface area contributed by atoms with Crippen LogP contribution in [0.5, 0.6) is 5.75 Å². The first kappa shape index (κ1) is 23.8. The average molecular weight is 435 g/mol. The zero-order valence-electron chi connectivity index (χ0n) is 19.4. The maximum absolute atomic E-state index is 11.9. The van der Waals surface area contributed by atoms with E-state index in [0.717, 1.165) is 50.2 Å². The van der Waals surface area contributed by atoms with E-state index in [9.17, 15) is 4.79 Å². The van der Waals surface area contributed by atoms with Crippen LogP contribution in [0.3, 0.4) is 0 Å². The minimum absolute atomic E-state index is 0.0322. The summed E-state index contributed by atoms with van der Waals surface area (Å²) in [7, 11) is 1.68. The van der Waals surface area contributed by atoms with Crippen molar-refractivity contribution in [3.63, 3.8) is 0 Å². The number of nitrogens with zero attached hydrogens (tertiary/aromatic N) is 1. The van der Waals surface area contributed by atoms with Gasteiger partial charge in [0.05, 0.1) is 26.4 Å². The molecule has 3 rings (SSSR count). The van der Waals surface area contributed by atoms with Gasteiger partial charge in [0.25, 0.3) is 0 Å². The summed E-state index contributed by atoms with van der Waals surface area (Å²) in [5.41, 5.74) is 0.680. The fourth-order valence-electron chi connectivity index (χ4n) is 4.17. The van der Waals surface area contributed by atoms with E-state index in [1.165, 1.54) is 0 Å². The number of carbonyl (C=O) groups is 1. The second-order valence-corrected chi connectivity index (χ2v) is 9.43. The van der Waals surface area contributed by atoms with Gasteiger partial charge in [0.2, 0.25) is 0 Å². The maximum Gasteiger partial charge on any atom is 0.407 e. The molecule has 1 aromatic carbocycles. The Labute approximate surface area is 186 Å². The van der Waals surface area contributed by atoms with Crippen molar-refractivity contribution in [1.82, 2.24) is 10.2 Å². The molecule has 7 heteroatoms. The summed E-state index contributed by atoms with van der Waals surface area (Å²) in [5, 5.41) is 2.91. The third kappa shape index (κ3) is 7.66. The van der Waals surface area contributed by atoms with Gasteiger partial charge in [-0.2, -0.15) is 0 Å². The number of rotatable bonds is 7. The van der Waals surface area contributed by atoms with Crippen molar-refractivity contribution in [2.45, 2.75) is 57.8 Å². The number of hydrogen-bond donors (Lipinski definition) is 1. The van der Waals surface area contributed by atoms with Gasteiger partial charge < -0.3 is 29.2 Å². The van der Waals surface area contributed by atoms with Crippen molar-refractivity contribution < 1.29 is 23.7 Å². The summed E-state index contributed by atoms with van der Waals surface area (Å²) >= 11 is 0. The monoisotopic (exact) mass is 434 g/mol. The van der Waals surface area contributed by atoms with E-state index in [1.807, 2.05) is 32.9 Å². The molecule has 1 aromatic rings. The number of hydrogen-bond acceptors (Lipinski definition) is 6. The van der Waals surface area contributed by atoms with E-state index in [0.29, 0.717) is 25.7 Å². The second-order valence-electron chi connectivity index (χ2n) is 9.43. The number of ether oxygens (including phenoxy) is 4. The lowest BCUT2D eigenvalue weighted by molar-refractivity contribution is -0.146. The molecule has 2 aliphatic heterocycles. The minimum Gasteiger partial charge on any atom is -0.497 e. The van der Waals surface area contributed by atoms with Gasteiger partial charge in [-0.3, -0.25) is 0 Å². The highest BCUT2D eigenvalue weighted by Crippen LogP contribution is 2.30. The largest absolute Gasteiger partial charge is 0.497 e. The molecular weight excluding hydrogens is 396 g/mol. The Morgan fingerprint density at radius 1 is 1.13 bits per heavy atom. The third-order valence-corrected chi connectivity index (χ3v) is 5.87. The third-order valence-electron chi connectivity index (χ3n) is 5.87. The lowest BCUT2D eigenvalue weighted by Gasteiger charge is -2.36. The molecule has 2 fully saturated rings. The fourth-order valence-corrected chi connectivity index (χ4v) is 4.17. The summed E-state index contributed by atoms with van der Waals surface area (Å²) in [4.78, 5) is 14.3. The van der Waals surface area contributed by atoms with Crippen LogP contribution in [0.2, 0.25) is 0 Å². The standard InChI is InChI=1S/C24H38N2O5/c1-24(2,3)31-23(27)25-17-18-9-12-26(13-10-18)14-11-21-22(30-16-15-29-21)19-5-7-20(28-4)8-6-19/h5-8,18,21-22H,9-17H2,1-4H3,(H,25,27). The number of amides is 1. The first-order chi connectivity index (χ1) is 14.8. The predicted octanol–water partition coefficient (Wildman–Crippen LogP) is 3.78. The molecule has 0 saturated carbocycles. The van der Waals surface area contributed by atoms with E-state index in [-0.39, 0.29) is 18.3 Å². The van der Waals surface area contributed by atoms with Gasteiger partial charge in [-0.25, -0.2) is 4.79 Å². The van der Waals surface area contributed by atoms with Crippen molar-refractivity contribution in [3.8, 4) is 5.75 Å². The van der Waals surface area contributed by atoms with Crippen molar-refractivity contribution in [1.29, 1.82) is 0 Å². The van der Waals surface area contributed by atoms with Gasteiger partial charge in [0.15, 0.2) is 0 Å². The normalized spacial score (nSPS) is 23.4. The van der Waals surface area contributed by atoms with Crippen LogP contribution in [0.1, 0.15) is 51.7 Å². The summed E-state index contributed by atoms with van der Waals surface area (Å²) in [5.74, 6) is 1.35. The van der Waals surface area contributed by atoms with E-state index in [2.05, 4.69) is 22.3 Å². The Kier molecular flexibility index (Phi) is 8.58. The van der Waals surface area contributed by atoms with Crippen molar-refractivity contribution in [2.24, 2.45) is 5.92 Å². The van der Waals surface area contributed by atoms with E-state index < -0.39 is 5.60 Å². The lowest BCUT2D eigenvalue weighted by Crippen LogP contribution is -2.42. The Morgan fingerprint density at radius 2 is 1.81 bits per heavy atom. The van der Waals surface area contributed by atoms with Crippen LogP contribution in [0.15, 0.2) is 24.3 Å². The van der Waals surface area contributed by atoms with E-state index in [4.69, 9.17) is 18.9 Å². The number of nitrogens with one attached hydrogen (secondary N) is 1. The Morgan fingerprint density at radius 3 is 2.45 bits per heavy atom. The van der Waals surface area contributed by atoms with Gasteiger partial charge in [0, 0.05) is 13.1 Å². The molecule has 2 aliphatic rings. The highest BCUT2D eigenvalue weighted by Gasteiger charge is 2.29. The molecule has 2 saturated heterocycles. The SMILES string of the molecule is COc1ccc(C2OCCOC2CCN2CCC(CNC(=O)OC(C)(C)C)CC2)cc1. The summed E-state index contributed by atoms with van der Waals surface area (Å²) in [6.45, 7) is 10.7. The predicted molar refractivity (Wildman–Crippen MR) is 119 cm³/mol. The molecule has 1 amide bonds. The molecule has 2 atom stereocenters. The molecular formula is C24H38N2O5. The summed E-state index contributed by atoms with van der Waals surface area (Å²) in [6, 6.07) is 8.07. The van der Waals surface area contributed by atoms with Crippen LogP contribution in [-0.2, 0) is 14.2 Å². The van der Waals surface area contributed by atoms with Crippen molar-refractivity contribution in [2.75, 3.05) is 46.5 Å². The number of likely N-dealkylation sites (tertiary alicyclic amines) is 1. The molecule has 2 unspecified atom stereocenters. The number of methoxy groups -OCH3 is 1. The molecule has 0 bridgehead atoms. The van der Waals surface area contributed by atoms with E-state index >= 15 is 0 Å². The highest BCUT2D eigenvalue weighted by molar-refractivity contribution is 5.67. The summed E-state index contributed by atoms with van der Waals surface area (Å²) in [6.07, 6.45) is 2.81. The van der Waals surface area contributed by atoms with Crippen LogP contribution in [0.4, 0.5) is 4.79 Å². The van der Waals surface area contributed by atoms with Crippen molar-refractivity contribution >= 4 is 6.09 Å². The molecule has 2 heterocycles. The first-order valence-corrected chi connectivity index (χ1v) is 11.4. The Hall–Kier alpha value is -1.83. The molecule has 174 valence electrons. The van der Waals surface area contributed by atoms with Gasteiger partial charge in [-0.05, 0) is 76.7 Å². The van der Waals surface area contributed by atoms with Gasteiger partial charge in [0.1, 0.15) is 17.5 Å². The van der Waals surface area contributed by atoms with Crippen LogP contribution in [-0.4, -0.2) is 69.2 Å². The smallest absolute Gasteiger partial charge is 0.407 e. The lowest BCUT2D eigenvalue weighted by atomic mass is 9.96. The van der Waals surface area contributed by atoms with Crippen LogP contribution in [0.25, 0.3) is 0 Å². The second kappa shape index (κ2) is 11.2. The molecule has 0 spiro atoms. The van der Waals surface area contributed by atoms with E-state index in [1.54, 1.807) is 7.11 Å². The quantitative estimate of drug-likeness (QED) is 0.704. The Bertz CT molecular complexity index is 680. The molecule has 7 nitrogen and oxygen atoms in total. The fraction of sp³-hybridized carbons (Fsp3) is 0.708. The molecule has 31 heavy (non-hydrogen) atoms. The molecule has 0 radical (unpaired) electrons. The van der Waals surface area contributed by atoms with Gasteiger partial charge >= 0.3 is 6.09 Å². The summed E-state index contributed by atoms with van der Waals surface area (Å²) < 4.78 is 22.7. The van der Waals surface area contributed by atoms with Crippen LogP contribution in [0, 0.1) is 5.92 Å². The van der Waals surface area contributed by atoms with Gasteiger partial charge in [-0.1, -0.05) is 12.1 Å². The zero-order valence-corrected chi connectivity index (χ0v) is 19.4. The zero-order chi connectivity index (χ0) is 22.3. The van der Waals surface area contributed by atoms with Gasteiger partial charge in [-0.15, -0.1) is 0 Å².